The van der Waals surface area contributed by atoms with E-state index >= 15 is 0 Å². The Morgan fingerprint density at radius 2 is 1.90 bits per heavy atom. The van der Waals surface area contributed by atoms with Crippen molar-refractivity contribution < 1.29 is 8.42 Å². The quantitative estimate of drug-likeness (QED) is 0.865. The molecule has 0 aliphatic carbocycles. The molecule has 1 aromatic heterocycles. The van der Waals surface area contributed by atoms with E-state index in [1.54, 1.807) is 0 Å². The molecule has 0 amide bonds. The van der Waals surface area contributed by atoms with Gasteiger partial charge in [-0.25, -0.2) is 18.1 Å². The molecule has 1 aliphatic rings. The van der Waals surface area contributed by atoms with Crippen LogP contribution in [-0.4, -0.2) is 57.9 Å². The Morgan fingerprint density at radius 1 is 1.29 bits per heavy atom. The van der Waals surface area contributed by atoms with E-state index in [9.17, 15) is 8.42 Å². The van der Waals surface area contributed by atoms with Gasteiger partial charge in [0.25, 0.3) is 0 Å². The van der Waals surface area contributed by atoms with Crippen LogP contribution in [0.15, 0.2) is 6.07 Å². The van der Waals surface area contributed by atoms with Crippen molar-refractivity contribution in [3.63, 3.8) is 0 Å². The first-order valence-electron chi connectivity index (χ1n) is 7.00. The van der Waals surface area contributed by atoms with Gasteiger partial charge in [0.1, 0.15) is 5.82 Å². The van der Waals surface area contributed by atoms with Crippen LogP contribution in [0.5, 0.6) is 0 Å². The summed E-state index contributed by atoms with van der Waals surface area (Å²) in [6.45, 7) is 3.53. The van der Waals surface area contributed by atoms with Gasteiger partial charge in [-0.3, -0.25) is 0 Å². The molecule has 0 spiro atoms. The van der Waals surface area contributed by atoms with E-state index in [-0.39, 0.29) is 6.04 Å². The summed E-state index contributed by atoms with van der Waals surface area (Å²) < 4.78 is 25.2. The normalized spacial score (nSPS) is 17.0. The van der Waals surface area contributed by atoms with Crippen molar-refractivity contribution in [2.45, 2.75) is 25.8 Å². The second kappa shape index (κ2) is 6.15. The Morgan fingerprint density at radius 3 is 2.43 bits per heavy atom. The van der Waals surface area contributed by atoms with Crippen LogP contribution in [0.1, 0.15) is 18.5 Å². The third-order valence-electron chi connectivity index (χ3n) is 3.43. The van der Waals surface area contributed by atoms with Crippen LogP contribution >= 0.6 is 0 Å². The molecule has 7 nitrogen and oxygen atoms in total. The number of aryl methyl sites for hydroxylation is 1. The Kier molecular flexibility index (Phi) is 4.67. The number of anilines is 2. The molecule has 0 aromatic carbocycles. The maximum atomic E-state index is 11.3. The predicted molar refractivity (Wildman–Crippen MR) is 84.3 cm³/mol. The van der Waals surface area contributed by atoms with Crippen molar-refractivity contribution >= 4 is 21.8 Å². The molecular weight excluding hydrogens is 290 g/mol. The van der Waals surface area contributed by atoms with Gasteiger partial charge >= 0.3 is 0 Å². The van der Waals surface area contributed by atoms with Gasteiger partial charge in [0, 0.05) is 45.0 Å². The van der Waals surface area contributed by atoms with Gasteiger partial charge in [0.2, 0.25) is 16.0 Å². The van der Waals surface area contributed by atoms with Crippen LogP contribution in [0.3, 0.4) is 0 Å². The second-order valence-corrected chi connectivity index (χ2v) is 7.49. The van der Waals surface area contributed by atoms with Crippen LogP contribution in [0.4, 0.5) is 11.8 Å². The summed E-state index contributed by atoms with van der Waals surface area (Å²) in [4.78, 5) is 13.0. The van der Waals surface area contributed by atoms with Gasteiger partial charge in [-0.15, -0.1) is 0 Å². The molecule has 1 saturated heterocycles. The van der Waals surface area contributed by atoms with Crippen molar-refractivity contribution in [3.8, 4) is 0 Å². The molecule has 1 fully saturated rings. The average Bonchev–Trinajstić information content (AvgIpc) is 2.37. The first kappa shape index (κ1) is 16.0. The lowest BCUT2D eigenvalue weighted by atomic mass is 10.1. The zero-order chi connectivity index (χ0) is 15.6. The molecule has 8 heteroatoms. The van der Waals surface area contributed by atoms with Crippen LogP contribution in [-0.2, 0) is 10.0 Å². The van der Waals surface area contributed by atoms with Gasteiger partial charge in [-0.2, -0.15) is 4.98 Å². The smallest absolute Gasteiger partial charge is 0.226 e. The van der Waals surface area contributed by atoms with E-state index in [0.29, 0.717) is 5.95 Å². The van der Waals surface area contributed by atoms with Gasteiger partial charge in [0.15, 0.2) is 0 Å². The summed E-state index contributed by atoms with van der Waals surface area (Å²) in [5.74, 6) is 1.60. The number of sulfonamides is 1. The molecule has 21 heavy (non-hydrogen) atoms. The molecule has 118 valence electrons. The van der Waals surface area contributed by atoms with Gasteiger partial charge < -0.3 is 9.80 Å². The number of piperidine rings is 1. The molecule has 1 N–H and O–H groups in total. The van der Waals surface area contributed by atoms with E-state index in [4.69, 9.17) is 0 Å². The van der Waals surface area contributed by atoms with Crippen LogP contribution in [0.25, 0.3) is 0 Å². The van der Waals surface area contributed by atoms with Gasteiger partial charge in [-0.1, -0.05) is 0 Å². The Bertz CT molecular complexity index is 595. The SMILES string of the molecule is Cc1cc(N2CCC(NS(C)(=O)=O)CC2)nc(N(C)C)n1. The third kappa shape index (κ3) is 4.53. The fourth-order valence-electron chi connectivity index (χ4n) is 2.43. The summed E-state index contributed by atoms with van der Waals surface area (Å²) >= 11 is 0. The monoisotopic (exact) mass is 313 g/mol. The molecule has 0 saturated carbocycles. The highest BCUT2D eigenvalue weighted by Crippen LogP contribution is 2.21. The van der Waals surface area contributed by atoms with E-state index in [1.807, 2.05) is 32.0 Å². The van der Waals surface area contributed by atoms with Crippen molar-refractivity contribution in [2.75, 3.05) is 43.2 Å². The van der Waals surface area contributed by atoms with Crippen LogP contribution in [0, 0.1) is 6.92 Å². The number of hydrogen-bond acceptors (Lipinski definition) is 6. The van der Waals surface area contributed by atoms with Crippen LogP contribution < -0.4 is 14.5 Å². The summed E-state index contributed by atoms with van der Waals surface area (Å²) in [5, 5.41) is 0. The van der Waals surface area contributed by atoms with Crippen LogP contribution in [0.2, 0.25) is 0 Å². The number of aromatic nitrogens is 2. The first-order chi connectivity index (χ1) is 9.74. The number of nitrogens with zero attached hydrogens (tertiary/aromatic N) is 4. The molecule has 2 rings (SSSR count). The lowest BCUT2D eigenvalue weighted by Crippen LogP contribution is -2.44. The standard InChI is InChI=1S/C13H23N5O2S/c1-10-9-12(15-13(14-10)17(2)3)18-7-5-11(6-8-18)16-21(4,19)20/h9,11,16H,5-8H2,1-4H3. The highest BCUT2D eigenvalue weighted by molar-refractivity contribution is 7.88. The number of rotatable bonds is 4. The van der Waals surface area contributed by atoms with E-state index < -0.39 is 10.0 Å². The molecule has 1 aromatic rings. The first-order valence-corrected chi connectivity index (χ1v) is 8.89. The third-order valence-corrected chi connectivity index (χ3v) is 4.19. The number of hydrogen-bond donors (Lipinski definition) is 1. The lowest BCUT2D eigenvalue weighted by Gasteiger charge is -2.33. The zero-order valence-corrected chi connectivity index (χ0v) is 13.8. The van der Waals surface area contributed by atoms with Crippen molar-refractivity contribution in [3.05, 3.63) is 11.8 Å². The second-order valence-electron chi connectivity index (χ2n) is 5.71. The molecular formula is C13H23N5O2S. The Balaban J connectivity index is 2.05. The van der Waals surface area contributed by atoms with Crippen molar-refractivity contribution in [2.24, 2.45) is 0 Å². The average molecular weight is 313 g/mol. The van der Waals surface area contributed by atoms with E-state index in [2.05, 4.69) is 19.6 Å². The topological polar surface area (TPSA) is 78.4 Å². The summed E-state index contributed by atoms with van der Waals surface area (Å²) in [6.07, 6.45) is 2.78. The summed E-state index contributed by atoms with van der Waals surface area (Å²) in [6, 6.07) is 1.99. The summed E-state index contributed by atoms with van der Waals surface area (Å²) in [7, 11) is 0.704. The minimum atomic E-state index is -3.13. The lowest BCUT2D eigenvalue weighted by molar-refractivity contribution is 0.460. The van der Waals surface area contributed by atoms with Gasteiger partial charge in [-0.05, 0) is 19.8 Å². The fourth-order valence-corrected chi connectivity index (χ4v) is 3.27. The fraction of sp³-hybridized carbons (Fsp3) is 0.692. The molecule has 2 heterocycles. The number of nitrogens with one attached hydrogen (secondary N) is 1. The molecule has 0 bridgehead atoms. The maximum Gasteiger partial charge on any atom is 0.226 e. The minimum Gasteiger partial charge on any atom is -0.356 e. The van der Waals surface area contributed by atoms with Gasteiger partial charge in [0.05, 0.1) is 6.26 Å². The highest BCUT2D eigenvalue weighted by atomic mass is 32.2. The summed E-state index contributed by atoms with van der Waals surface area (Å²) in [5.41, 5.74) is 0.931. The molecule has 0 radical (unpaired) electrons. The zero-order valence-electron chi connectivity index (χ0n) is 13.0. The van der Waals surface area contributed by atoms with E-state index in [1.165, 1.54) is 6.26 Å². The molecule has 1 aliphatic heterocycles. The minimum absolute atomic E-state index is 0.0208. The Hall–Kier alpha value is -1.41. The molecule has 0 atom stereocenters. The maximum absolute atomic E-state index is 11.3. The predicted octanol–water partition coefficient (Wildman–Crippen LogP) is 0.369. The van der Waals surface area contributed by atoms with Crippen molar-refractivity contribution in [1.29, 1.82) is 0 Å². The largest absolute Gasteiger partial charge is 0.356 e. The Labute approximate surface area is 126 Å². The highest BCUT2D eigenvalue weighted by Gasteiger charge is 2.23. The van der Waals surface area contributed by atoms with E-state index in [0.717, 1.165) is 37.4 Å². The van der Waals surface area contributed by atoms with Crippen molar-refractivity contribution in [1.82, 2.24) is 14.7 Å². The molecule has 0 unspecified atom stereocenters.